The molecule has 1 fully saturated rings. The average Bonchev–Trinajstić information content (AvgIpc) is 3.30. The van der Waals surface area contributed by atoms with Crippen LogP contribution in [0.5, 0.6) is 0 Å². The number of aromatic nitrogens is 4. The first-order valence-corrected chi connectivity index (χ1v) is 8.30. The van der Waals surface area contributed by atoms with Gasteiger partial charge in [-0.15, -0.1) is 0 Å². The summed E-state index contributed by atoms with van der Waals surface area (Å²) in [5.41, 5.74) is 1.49. The summed E-state index contributed by atoms with van der Waals surface area (Å²) in [4.78, 5) is 25.1. The van der Waals surface area contributed by atoms with Crippen LogP contribution in [0.15, 0.2) is 35.1 Å². The van der Waals surface area contributed by atoms with Crippen molar-refractivity contribution in [1.29, 1.82) is 0 Å². The molecule has 1 aliphatic heterocycles. The van der Waals surface area contributed by atoms with Crippen LogP contribution in [0.1, 0.15) is 18.2 Å². The summed E-state index contributed by atoms with van der Waals surface area (Å²) >= 11 is 0. The van der Waals surface area contributed by atoms with Crippen molar-refractivity contribution in [3.63, 3.8) is 0 Å². The molecule has 0 aliphatic carbocycles. The molecule has 0 bridgehead atoms. The summed E-state index contributed by atoms with van der Waals surface area (Å²) in [5.74, 6) is 1.05. The third-order valence-corrected chi connectivity index (χ3v) is 4.42. The van der Waals surface area contributed by atoms with Gasteiger partial charge >= 0.3 is 0 Å². The zero-order chi connectivity index (χ0) is 17.4. The van der Waals surface area contributed by atoms with E-state index in [2.05, 4.69) is 20.0 Å². The van der Waals surface area contributed by atoms with Crippen molar-refractivity contribution >= 4 is 11.6 Å². The summed E-state index contributed by atoms with van der Waals surface area (Å²) in [6.45, 7) is 2.18. The normalized spacial score (nSPS) is 18.0. The molecule has 1 aliphatic rings. The van der Waals surface area contributed by atoms with E-state index in [1.807, 2.05) is 54.0 Å². The number of pyridine rings is 1. The summed E-state index contributed by atoms with van der Waals surface area (Å²) in [6.07, 6.45) is 4.21. The molecular formula is C17H20N6O2. The SMILES string of the molecule is CN(C)CCN1C[C@H](c2nc(-c3cn4ccccc4n3)no2)CC1=O. The molecule has 4 heterocycles. The van der Waals surface area contributed by atoms with Crippen LogP contribution in [0.4, 0.5) is 0 Å². The van der Waals surface area contributed by atoms with Gasteiger partial charge in [-0.1, -0.05) is 11.2 Å². The quantitative estimate of drug-likeness (QED) is 0.696. The van der Waals surface area contributed by atoms with Gasteiger partial charge in [0.1, 0.15) is 11.3 Å². The first-order valence-electron chi connectivity index (χ1n) is 8.30. The van der Waals surface area contributed by atoms with E-state index in [9.17, 15) is 4.79 Å². The highest BCUT2D eigenvalue weighted by Crippen LogP contribution is 2.28. The van der Waals surface area contributed by atoms with Crippen LogP contribution < -0.4 is 0 Å². The first kappa shape index (κ1) is 15.8. The molecule has 130 valence electrons. The largest absolute Gasteiger partial charge is 0.341 e. The van der Waals surface area contributed by atoms with E-state index in [0.717, 1.165) is 18.7 Å². The van der Waals surface area contributed by atoms with Crippen molar-refractivity contribution in [1.82, 2.24) is 29.3 Å². The minimum absolute atomic E-state index is 0.0482. The summed E-state index contributed by atoms with van der Waals surface area (Å²) in [5, 5.41) is 4.05. The number of carbonyl (C=O) groups excluding carboxylic acids is 1. The van der Waals surface area contributed by atoms with Crippen LogP contribution in [-0.4, -0.2) is 69.0 Å². The maximum Gasteiger partial charge on any atom is 0.232 e. The third kappa shape index (κ3) is 3.12. The van der Waals surface area contributed by atoms with E-state index in [1.165, 1.54) is 0 Å². The highest BCUT2D eigenvalue weighted by molar-refractivity contribution is 5.79. The van der Waals surface area contributed by atoms with E-state index >= 15 is 0 Å². The van der Waals surface area contributed by atoms with Gasteiger partial charge in [-0.3, -0.25) is 4.79 Å². The van der Waals surface area contributed by atoms with Crippen molar-refractivity contribution in [2.75, 3.05) is 33.7 Å². The number of hydrogen-bond donors (Lipinski definition) is 0. The molecule has 0 radical (unpaired) electrons. The molecule has 25 heavy (non-hydrogen) atoms. The average molecular weight is 340 g/mol. The molecule has 8 heteroatoms. The zero-order valence-electron chi connectivity index (χ0n) is 14.3. The fraction of sp³-hybridized carbons (Fsp3) is 0.412. The minimum atomic E-state index is -0.0482. The van der Waals surface area contributed by atoms with Crippen LogP contribution in [0.2, 0.25) is 0 Å². The first-order chi connectivity index (χ1) is 12.1. The molecule has 3 aromatic heterocycles. The number of fused-ring (bicyclic) bond motifs is 1. The van der Waals surface area contributed by atoms with E-state index < -0.39 is 0 Å². The lowest BCUT2D eigenvalue weighted by molar-refractivity contribution is -0.127. The number of hydrogen-bond acceptors (Lipinski definition) is 6. The van der Waals surface area contributed by atoms with Gasteiger partial charge in [0, 0.05) is 38.4 Å². The lowest BCUT2D eigenvalue weighted by Crippen LogP contribution is -2.32. The molecule has 1 amide bonds. The molecular weight excluding hydrogens is 320 g/mol. The second kappa shape index (κ2) is 6.29. The van der Waals surface area contributed by atoms with Crippen LogP contribution >= 0.6 is 0 Å². The lowest BCUT2D eigenvalue weighted by Gasteiger charge is -2.18. The topological polar surface area (TPSA) is 79.8 Å². The van der Waals surface area contributed by atoms with Gasteiger partial charge in [0.25, 0.3) is 0 Å². The van der Waals surface area contributed by atoms with Gasteiger partial charge in [0.05, 0.1) is 5.92 Å². The Labute approximate surface area is 145 Å². The van der Waals surface area contributed by atoms with Gasteiger partial charge < -0.3 is 18.7 Å². The summed E-state index contributed by atoms with van der Waals surface area (Å²) in [7, 11) is 3.99. The summed E-state index contributed by atoms with van der Waals surface area (Å²) in [6, 6.07) is 5.79. The number of imidazole rings is 1. The van der Waals surface area contributed by atoms with Crippen molar-refractivity contribution < 1.29 is 9.32 Å². The van der Waals surface area contributed by atoms with Crippen molar-refractivity contribution in [2.45, 2.75) is 12.3 Å². The predicted molar refractivity (Wildman–Crippen MR) is 91.0 cm³/mol. The number of amides is 1. The van der Waals surface area contributed by atoms with E-state index in [-0.39, 0.29) is 11.8 Å². The molecule has 0 saturated carbocycles. The Hall–Kier alpha value is -2.74. The van der Waals surface area contributed by atoms with Crippen LogP contribution in [-0.2, 0) is 4.79 Å². The van der Waals surface area contributed by atoms with Crippen molar-refractivity contribution in [3.05, 3.63) is 36.5 Å². The maximum absolute atomic E-state index is 12.2. The number of likely N-dealkylation sites (tertiary alicyclic amines) is 1. The van der Waals surface area contributed by atoms with Gasteiger partial charge in [0.2, 0.25) is 17.6 Å². The molecule has 3 aromatic rings. The molecule has 0 spiro atoms. The third-order valence-electron chi connectivity index (χ3n) is 4.42. The number of rotatable bonds is 5. The Bertz CT molecular complexity index is 866. The minimum Gasteiger partial charge on any atom is -0.341 e. The standard InChI is InChI=1S/C17H20N6O2/c1-21(2)7-8-23-10-12(9-15(23)24)17-19-16(20-25-17)13-11-22-6-4-3-5-14(22)18-13/h3-6,11-12H,7-10H2,1-2H3/t12-/m1/s1. The van der Waals surface area contributed by atoms with Gasteiger partial charge in [-0.25, -0.2) is 4.98 Å². The highest BCUT2D eigenvalue weighted by Gasteiger charge is 2.34. The number of likely N-dealkylation sites (N-methyl/N-ethyl adjacent to an activating group) is 1. The van der Waals surface area contributed by atoms with E-state index in [1.54, 1.807) is 0 Å². The monoisotopic (exact) mass is 340 g/mol. The van der Waals surface area contributed by atoms with Crippen LogP contribution in [0.3, 0.4) is 0 Å². The van der Waals surface area contributed by atoms with E-state index in [0.29, 0.717) is 30.4 Å². The Morgan fingerprint density at radius 2 is 2.20 bits per heavy atom. The van der Waals surface area contributed by atoms with Crippen LogP contribution in [0, 0.1) is 0 Å². The molecule has 8 nitrogen and oxygen atoms in total. The smallest absolute Gasteiger partial charge is 0.232 e. The highest BCUT2D eigenvalue weighted by atomic mass is 16.5. The van der Waals surface area contributed by atoms with Gasteiger partial charge in [-0.2, -0.15) is 4.98 Å². The lowest BCUT2D eigenvalue weighted by atomic mass is 10.1. The second-order valence-electron chi connectivity index (χ2n) is 6.59. The molecule has 0 N–H and O–H groups in total. The Kier molecular flexibility index (Phi) is 3.96. The maximum atomic E-state index is 12.2. The number of nitrogens with zero attached hydrogens (tertiary/aromatic N) is 6. The zero-order valence-corrected chi connectivity index (χ0v) is 14.3. The van der Waals surface area contributed by atoms with Crippen LogP contribution in [0.25, 0.3) is 17.2 Å². The van der Waals surface area contributed by atoms with Crippen molar-refractivity contribution in [2.24, 2.45) is 0 Å². The molecule has 4 rings (SSSR count). The molecule has 1 atom stereocenters. The number of carbonyl (C=O) groups is 1. The van der Waals surface area contributed by atoms with Crippen molar-refractivity contribution in [3.8, 4) is 11.5 Å². The van der Waals surface area contributed by atoms with E-state index in [4.69, 9.17) is 4.52 Å². The Balaban J connectivity index is 1.50. The molecule has 1 saturated heterocycles. The second-order valence-corrected chi connectivity index (χ2v) is 6.59. The van der Waals surface area contributed by atoms with Gasteiger partial charge in [0.15, 0.2) is 0 Å². The fourth-order valence-corrected chi connectivity index (χ4v) is 3.02. The van der Waals surface area contributed by atoms with Gasteiger partial charge in [-0.05, 0) is 26.2 Å². The predicted octanol–water partition coefficient (Wildman–Crippen LogP) is 1.26. The molecule has 0 unspecified atom stereocenters. The Morgan fingerprint density at radius 1 is 1.32 bits per heavy atom. The Morgan fingerprint density at radius 3 is 3.00 bits per heavy atom. The summed E-state index contributed by atoms with van der Waals surface area (Å²) < 4.78 is 7.33. The fourth-order valence-electron chi connectivity index (χ4n) is 3.02. The molecule has 0 aromatic carbocycles.